The van der Waals surface area contributed by atoms with E-state index in [2.05, 4.69) is 29.3 Å². The van der Waals surface area contributed by atoms with Gasteiger partial charge in [-0.3, -0.25) is 4.90 Å². The molecule has 0 bridgehead atoms. The average Bonchev–Trinajstić information content (AvgIpc) is 2.97. The molecule has 1 aromatic rings. The highest BCUT2D eigenvalue weighted by Crippen LogP contribution is 2.29. The quantitative estimate of drug-likeness (QED) is 0.804. The largest absolute Gasteiger partial charge is 0.327 e. The van der Waals surface area contributed by atoms with Gasteiger partial charge < -0.3 is 5.73 Å². The zero-order valence-electron chi connectivity index (χ0n) is 9.36. The van der Waals surface area contributed by atoms with Crippen LogP contribution < -0.4 is 5.73 Å². The molecule has 0 saturated heterocycles. The number of nitrogens with two attached hydrogens (primary N) is 1. The van der Waals surface area contributed by atoms with Crippen molar-refractivity contribution in [3.8, 4) is 0 Å². The lowest BCUT2D eigenvalue weighted by Gasteiger charge is -2.24. The average molecular weight is 224 g/mol. The first-order chi connectivity index (χ1) is 7.29. The zero-order chi connectivity index (χ0) is 10.7. The summed E-state index contributed by atoms with van der Waals surface area (Å²) in [5.41, 5.74) is 6.03. The summed E-state index contributed by atoms with van der Waals surface area (Å²) in [5.74, 6) is 0. The third kappa shape index (κ3) is 3.30. The smallest absolute Gasteiger partial charge is 0.0331 e. The molecule has 1 heterocycles. The molecule has 1 unspecified atom stereocenters. The lowest BCUT2D eigenvalue weighted by Crippen LogP contribution is -2.37. The minimum absolute atomic E-state index is 0.338. The van der Waals surface area contributed by atoms with E-state index in [1.807, 2.05) is 11.3 Å². The fourth-order valence-electron chi connectivity index (χ4n) is 1.82. The van der Waals surface area contributed by atoms with E-state index in [1.54, 1.807) is 0 Å². The maximum Gasteiger partial charge on any atom is 0.0331 e. The van der Waals surface area contributed by atoms with Crippen LogP contribution in [0.2, 0.25) is 0 Å². The first-order valence-corrected chi connectivity index (χ1v) is 6.69. The van der Waals surface area contributed by atoms with Gasteiger partial charge in [0.1, 0.15) is 0 Å². The van der Waals surface area contributed by atoms with Gasteiger partial charge in [0.15, 0.2) is 0 Å². The number of thiophene rings is 1. The van der Waals surface area contributed by atoms with Crippen LogP contribution in [0.1, 0.15) is 31.1 Å². The van der Waals surface area contributed by atoms with Crippen molar-refractivity contribution in [2.24, 2.45) is 5.73 Å². The predicted octanol–water partition coefficient (Wildman–Crippen LogP) is 2.45. The Kier molecular flexibility index (Phi) is 3.78. The second-order valence-corrected chi connectivity index (χ2v) is 5.44. The van der Waals surface area contributed by atoms with Gasteiger partial charge in [-0.2, -0.15) is 0 Å². The van der Waals surface area contributed by atoms with Crippen molar-refractivity contribution in [2.45, 2.75) is 44.8 Å². The van der Waals surface area contributed by atoms with E-state index in [4.69, 9.17) is 5.73 Å². The Bertz CT molecular complexity index is 280. The Labute approximate surface area is 96.1 Å². The summed E-state index contributed by atoms with van der Waals surface area (Å²) in [7, 11) is 0. The maximum absolute atomic E-state index is 6.03. The first-order valence-electron chi connectivity index (χ1n) is 5.81. The van der Waals surface area contributed by atoms with Crippen LogP contribution in [0.3, 0.4) is 0 Å². The highest BCUT2D eigenvalue weighted by atomic mass is 32.1. The standard InChI is InChI=1S/C12H20N2S/c1-2-10(13)8-14(11-5-6-11)9-12-4-3-7-15-12/h3-4,7,10-11H,2,5-6,8-9,13H2,1H3. The molecule has 1 fully saturated rings. The highest BCUT2D eigenvalue weighted by Gasteiger charge is 2.29. The van der Waals surface area contributed by atoms with Crippen LogP contribution in [-0.2, 0) is 6.54 Å². The summed E-state index contributed by atoms with van der Waals surface area (Å²) in [6.07, 6.45) is 3.80. The lowest BCUT2D eigenvalue weighted by molar-refractivity contribution is 0.238. The van der Waals surface area contributed by atoms with E-state index in [1.165, 1.54) is 17.7 Å². The van der Waals surface area contributed by atoms with Crippen molar-refractivity contribution in [1.29, 1.82) is 0 Å². The van der Waals surface area contributed by atoms with E-state index < -0.39 is 0 Å². The van der Waals surface area contributed by atoms with Gasteiger partial charge >= 0.3 is 0 Å². The molecule has 0 spiro atoms. The number of rotatable bonds is 6. The molecule has 1 aliphatic carbocycles. The third-order valence-electron chi connectivity index (χ3n) is 3.00. The van der Waals surface area contributed by atoms with Gasteiger partial charge in [0, 0.05) is 30.1 Å². The fraction of sp³-hybridized carbons (Fsp3) is 0.667. The van der Waals surface area contributed by atoms with Gasteiger partial charge in [-0.1, -0.05) is 13.0 Å². The summed E-state index contributed by atoms with van der Waals surface area (Å²) in [4.78, 5) is 4.02. The minimum Gasteiger partial charge on any atom is -0.327 e. The van der Waals surface area contributed by atoms with E-state index >= 15 is 0 Å². The van der Waals surface area contributed by atoms with Crippen molar-refractivity contribution >= 4 is 11.3 Å². The van der Waals surface area contributed by atoms with Crippen molar-refractivity contribution in [3.63, 3.8) is 0 Å². The molecule has 0 radical (unpaired) electrons. The fourth-order valence-corrected chi connectivity index (χ4v) is 2.54. The van der Waals surface area contributed by atoms with Crippen LogP contribution in [0, 0.1) is 0 Å². The van der Waals surface area contributed by atoms with Gasteiger partial charge in [-0.05, 0) is 30.7 Å². The van der Waals surface area contributed by atoms with Crippen molar-refractivity contribution < 1.29 is 0 Å². The molecule has 1 aromatic heterocycles. The molecule has 0 amide bonds. The summed E-state index contributed by atoms with van der Waals surface area (Å²) in [5, 5.41) is 2.15. The molecule has 2 nitrogen and oxygen atoms in total. The van der Waals surface area contributed by atoms with E-state index in [9.17, 15) is 0 Å². The summed E-state index contributed by atoms with van der Waals surface area (Å²) >= 11 is 1.85. The van der Waals surface area contributed by atoms with E-state index in [-0.39, 0.29) is 0 Å². The van der Waals surface area contributed by atoms with Crippen LogP contribution in [0.4, 0.5) is 0 Å². The van der Waals surface area contributed by atoms with Gasteiger partial charge in [0.25, 0.3) is 0 Å². The molecule has 3 heteroatoms. The van der Waals surface area contributed by atoms with Gasteiger partial charge in [0.2, 0.25) is 0 Å². The molecule has 2 rings (SSSR count). The van der Waals surface area contributed by atoms with Crippen molar-refractivity contribution in [2.75, 3.05) is 6.54 Å². The molecule has 15 heavy (non-hydrogen) atoms. The third-order valence-corrected chi connectivity index (χ3v) is 3.86. The van der Waals surface area contributed by atoms with Gasteiger partial charge in [-0.25, -0.2) is 0 Å². The normalized spacial score (nSPS) is 18.3. The van der Waals surface area contributed by atoms with Crippen LogP contribution in [0.15, 0.2) is 17.5 Å². The molecule has 0 aliphatic heterocycles. The van der Waals surface area contributed by atoms with Crippen LogP contribution in [0.5, 0.6) is 0 Å². The Morgan fingerprint density at radius 3 is 2.93 bits per heavy atom. The molecule has 2 N–H and O–H groups in total. The number of hydrogen-bond donors (Lipinski definition) is 1. The Morgan fingerprint density at radius 1 is 1.60 bits per heavy atom. The first kappa shape index (κ1) is 11.1. The van der Waals surface area contributed by atoms with Gasteiger partial charge in [0.05, 0.1) is 0 Å². The van der Waals surface area contributed by atoms with Crippen molar-refractivity contribution in [3.05, 3.63) is 22.4 Å². The summed E-state index contributed by atoms with van der Waals surface area (Å²) < 4.78 is 0. The number of nitrogens with zero attached hydrogens (tertiary/aromatic N) is 1. The zero-order valence-corrected chi connectivity index (χ0v) is 10.2. The van der Waals surface area contributed by atoms with E-state index in [0.29, 0.717) is 6.04 Å². The number of hydrogen-bond acceptors (Lipinski definition) is 3. The van der Waals surface area contributed by atoms with Crippen LogP contribution in [0.25, 0.3) is 0 Å². The Balaban J connectivity index is 1.88. The molecule has 1 aliphatic rings. The highest BCUT2D eigenvalue weighted by molar-refractivity contribution is 7.09. The molecular formula is C12H20N2S. The molecule has 0 aromatic carbocycles. The Morgan fingerprint density at radius 2 is 2.40 bits per heavy atom. The molecule has 1 saturated carbocycles. The lowest BCUT2D eigenvalue weighted by atomic mass is 10.2. The Hall–Kier alpha value is -0.380. The SMILES string of the molecule is CCC(N)CN(Cc1cccs1)C1CC1. The second-order valence-electron chi connectivity index (χ2n) is 4.41. The van der Waals surface area contributed by atoms with E-state index in [0.717, 1.165) is 25.6 Å². The molecule has 84 valence electrons. The predicted molar refractivity (Wildman–Crippen MR) is 66.0 cm³/mol. The maximum atomic E-state index is 6.03. The van der Waals surface area contributed by atoms with Gasteiger partial charge in [-0.15, -0.1) is 11.3 Å². The van der Waals surface area contributed by atoms with Crippen molar-refractivity contribution in [1.82, 2.24) is 4.90 Å². The molecule has 1 atom stereocenters. The second kappa shape index (κ2) is 5.10. The topological polar surface area (TPSA) is 29.3 Å². The van der Waals surface area contributed by atoms with Crippen LogP contribution >= 0.6 is 11.3 Å². The monoisotopic (exact) mass is 224 g/mol. The van der Waals surface area contributed by atoms with Crippen LogP contribution in [-0.4, -0.2) is 23.5 Å². The minimum atomic E-state index is 0.338. The summed E-state index contributed by atoms with van der Waals surface area (Å²) in [6, 6.07) is 5.50. The molecular weight excluding hydrogens is 204 g/mol. The summed E-state index contributed by atoms with van der Waals surface area (Å²) in [6.45, 7) is 4.32.